The number of carboxylic acids is 1. The molecule has 0 heterocycles. The van der Waals surface area contributed by atoms with Gasteiger partial charge >= 0.3 is 5.97 Å². The van der Waals surface area contributed by atoms with Crippen molar-refractivity contribution in [2.24, 2.45) is 5.92 Å². The van der Waals surface area contributed by atoms with Gasteiger partial charge in [0.15, 0.2) is 0 Å². The first-order valence-corrected chi connectivity index (χ1v) is 4.67. The van der Waals surface area contributed by atoms with Crippen LogP contribution in [0.25, 0.3) is 0 Å². The monoisotopic (exact) mass is 188 g/mol. The Morgan fingerprint density at radius 3 is 2.57 bits per heavy atom. The van der Waals surface area contributed by atoms with Gasteiger partial charge in [0, 0.05) is 5.57 Å². The summed E-state index contributed by atoms with van der Waals surface area (Å²) in [5.74, 6) is -0.344. The lowest BCUT2D eigenvalue weighted by atomic mass is 10.1. The van der Waals surface area contributed by atoms with Crippen LogP contribution in [0.15, 0.2) is 42.5 Å². The molecule has 0 spiro atoms. The molecule has 2 nitrogen and oxygen atoms in total. The third-order valence-electron chi connectivity index (χ3n) is 2.74. The molecule has 0 amide bonds. The van der Waals surface area contributed by atoms with Crippen LogP contribution in [0.3, 0.4) is 0 Å². The molecule has 2 rings (SSSR count). The second-order valence-electron chi connectivity index (χ2n) is 3.69. The molecule has 1 aromatic rings. The van der Waals surface area contributed by atoms with Gasteiger partial charge in [0.2, 0.25) is 0 Å². The third-order valence-corrected chi connectivity index (χ3v) is 2.74. The number of benzene rings is 1. The van der Waals surface area contributed by atoms with E-state index in [2.05, 4.69) is 6.58 Å². The highest BCUT2D eigenvalue weighted by atomic mass is 16.4. The highest BCUT2D eigenvalue weighted by molar-refractivity contribution is 5.87. The van der Waals surface area contributed by atoms with Crippen molar-refractivity contribution in [1.82, 2.24) is 0 Å². The Morgan fingerprint density at radius 2 is 2.00 bits per heavy atom. The van der Waals surface area contributed by atoms with Crippen LogP contribution >= 0.6 is 0 Å². The Labute approximate surface area is 82.9 Å². The van der Waals surface area contributed by atoms with Gasteiger partial charge in [0.05, 0.1) is 0 Å². The average molecular weight is 188 g/mol. The fourth-order valence-corrected chi connectivity index (χ4v) is 1.81. The van der Waals surface area contributed by atoms with Gasteiger partial charge in [-0.05, 0) is 23.8 Å². The zero-order chi connectivity index (χ0) is 10.1. The number of carbonyl (C=O) groups is 1. The van der Waals surface area contributed by atoms with E-state index in [4.69, 9.17) is 5.11 Å². The summed E-state index contributed by atoms with van der Waals surface area (Å²) in [5, 5.41) is 8.76. The number of carboxylic acid groups (broad SMARTS) is 1. The predicted molar refractivity (Wildman–Crippen MR) is 54.1 cm³/mol. The van der Waals surface area contributed by atoms with E-state index >= 15 is 0 Å². The zero-order valence-corrected chi connectivity index (χ0v) is 7.81. The molecule has 1 fully saturated rings. The maximum absolute atomic E-state index is 10.7. The number of aliphatic carboxylic acids is 1. The van der Waals surface area contributed by atoms with Crippen molar-refractivity contribution < 1.29 is 9.90 Å². The van der Waals surface area contributed by atoms with Gasteiger partial charge in [-0.1, -0.05) is 36.9 Å². The van der Waals surface area contributed by atoms with Gasteiger partial charge in [-0.3, -0.25) is 0 Å². The van der Waals surface area contributed by atoms with E-state index in [1.165, 1.54) is 5.56 Å². The fourth-order valence-electron chi connectivity index (χ4n) is 1.81. The van der Waals surface area contributed by atoms with Crippen LogP contribution in [-0.2, 0) is 4.79 Å². The third kappa shape index (κ3) is 1.55. The minimum absolute atomic E-state index is 0.148. The lowest BCUT2D eigenvalue weighted by Gasteiger charge is -1.99. The van der Waals surface area contributed by atoms with Crippen molar-refractivity contribution in [3.8, 4) is 0 Å². The number of hydrogen-bond donors (Lipinski definition) is 1. The Morgan fingerprint density at radius 1 is 1.36 bits per heavy atom. The second kappa shape index (κ2) is 3.29. The Bertz CT molecular complexity index is 367. The van der Waals surface area contributed by atoms with Crippen LogP contribution in [0.5, 0.6) is 0 Å². The molecule has 0 aliphatic heterocycles. The molecular formula is C12H12O2. The Kier molecular flexibility index (Phi) is 2.12. The molecule has 2 atom stereocenters. The molecule has 1 N–H and O–H groups in total. The summed E-state index contributed by atoms with van der Waals surface area (Å²) in [7, 11) is 0. The quantitative estimate of drug-likeness (QED) is 0.740. The van der Waals surface area contributed by atoms with Crippen LogP contribution in [0.4, 0.5) is 0 Å². The largest absolute Gasteiger partial charge is 0.478 e. The summed E-state index contributed by atoms with van der Waals surface area (Å²) in [4.78, 5) is 10.7. The topological polar surface area (TPSA) is 37.3 Å². The zero-order valence-electron chi connectivity index (χ0n) is 7.81. The van der Waals surface area contributed by atoms with Gasteiger partial charge in [0.25, 0.3) is 0 Å². The first-order valence-electron chi connectivity index (χ1n) is 4.67. The van der Waals surface area contributed by atoms with Crippen molar-refractivity contribution in [3.05, 3.63) is 48.0 Å². The van der Waals surface area contributed by atoms with Crippen molar-refractivity contribution in [1.29, 1.82) is 0 Å². The highest BCUT2D eigenvalue weighted by Gasteiger charge is 2.42. The first kappa shape index (κ1) is 9.00. The maximum Gasteiger partial charge on any atom is 0.331 e. The van der Waals surface area contributed by atoms with E-state index in [0.717, 1.165) is 6.42 Å². The maximum atomic E-state index is 10.7. The molecule has 1 aliphatic rings. The fraction of sp³-hybridized carbons (Fsp3) is 0.250. The number of hydrogen-bond acceptors (Lipinski definition) is 1. The summed E-state index contributed by atoms with van der Waals surface area (Å²) in [6.45, 7) is 3.59. The summed E-state index contributed by atoms with van der Waals surface area (Å²) in [5.41, 5.74) is 1.57. The Hall–Kier alpha value is -1.57. The van der Waals surface area contributed by atoms with E-state index in [9.17, 15) is 4.79 Å². The molecule has 0 aromatic heterocycles. The van der Waals surface area contributed by atoms with E-state index < -0.39 is 5.97 Å². The Balaban J connectivity index is 2.07. The molecule has 72 valence electrons. The molecule has 14 heavy (non-hydrogen) atoms. The number of rotatable bonds is 3. The summed E-state index contributed by atoms with van der Waals surface area (Å²) >= 11 is 0. The average Bonchev–Trinajstić information content (AvgIpc) is 2.97. The SMILES string of the molecule is C=C(C(=O)O)C1CC1c1ccccc1. The molecule has 1 aliphatic carbocycles. The van der Waals surface area contributed by atoms with Gasteiger partial charge in [-0.15, -0.1) is 0 Å². The molecule has 1 saturated carbocycles. The molecule has 0 bridgehead atoms. The molecular weight excluding hydrogens is 176 g/mol. The molecule has 2 unspecified atom stereocenters. The van der Waals surface area contributed by atoms with Crippen molar-refractivity contribution in [3.63, 3.8) is 0 Å². The molecule has 1 aromatic carbocycles. The molecule has 0 radical (unpaired) electrons. The summed E-state index contributed by atoms with van der Waals surface area (Å²) < 4.78 is 0. The van der Waals surface area contributed by atoms with Crippen LogP contribution in [-0.4, -0.2) is 11.1 Å². The first-order chi connectivity index (χ1) is 6.70. The summed E-state index contributed by atoms with van der Waals surface area (Å²) in [6, 6.07) is 10.0. The minimum Gasteiger partial charge on any atom is -0.478 e. The summed E-state index contributed by atoms with van der Waals surface area (Å²) in [6.07, 6.45) is 0.926. The van der Waals surface area contributed by atoms with Crippen LogP contribution < -0.4 is 0 Å². The normalized spacial score (nSPS) is 24.3. The van der Waals surface area contributed by atoms with Gasteiger partial charge in [0.1, 0.15) is 0 Å². The minimum atomic E-state index is -0.867. The van der Waals surface area contributed by atoms with Gasteiger partial charge in [-0.2, -0.15) is 0 Å². The van der Waals surface area contributed by atoms with E-state index in [1.54, 1.807) is 0 Å². The van der Waals surface area contributed by atoms with Crippen molar-refractivity contribution in [2.75, 3.05) is 0 Å². The lowest BCUT2D eigenvalue weighted by molar-refractivity contribution is -0.132. The van der Waals surface area contributed by atoms with Gasteiger partial charge in [-0.25, -0.2) is 4.79 Å². The molecule has 0 saturated heterocycles. The highest BCUT2D eigenvalue weighted by Crippen LogP contribution is 2.51. The second-order valence-corrected chi connectivity index (χ2v) is 3.69. The van der Waals surface area contributed by atoms with Crippen LogP contribution in [0, 0.1) is 5.92 Å². The van der Waals surface area contributed by atoms with E-state index in [0.29, 0.717) is 11.5 Å². The standard InChI is InChI=1S/C12H12O2/c1-8(12(13)14)10-7-11(10)9-5-3-2-4-6-9/h2-6,10-11H,1,7H2,(H,13,14). The van der Waals surface area contributed by atoms with Crippen LogP contribution in [0.1, 0.15) is 17.9 Å². The molecule has 2 heteroatoms. The smallest absolute Gasteiger partial charge is 0.331 e. The van der Waals surface area contributed by atoms with E-state index in [1.807, 2.05) is 30.3 Å². The lowest BCUT2D eigenvalue weighted by Crippen LogP contribution is -2.01. The van der Waals surface area contributed by atoms with Gasteiger partial charge < -0.3 is 5.11 Å². The van der Waals surface area contributed by atoms with Crippen molar-refractivity contribution in [2.45, 2.75) is 12.3 Å². The van der Waals surface area contributed by atoms with Crippen LogP contribution in [0.2, 0.25) is 0 Å². The van der Waals surface area contributed by atoms with Crippen molar-refractivity contribution >= 4 is 5.97 Å². The predicted octanol–water partition coefficient (Wildman–Crippen LogP) is 2.43. The van der Waals surface area contributed by atoms with E-state index in [-0.39, 0.29) is 5.92 Å².